The van der Waals surface area contributed by atoms with E-state index in [2.05, 4.69) is 10.3 Å². The van der Waals surface area contributed by atoms with E-state index in [0.717, 1.165) is 9.10 Å². The molecule has 0 aliphatic rings. The number of non-ortho nitro benzene ring substituents is 1. The molecule has 0 spiro atoms. The molecule has 0 unspecified atom stereocenters. The van der Waals surface area contributed by atoms with Gasteiger partial charge < -0.3 is 9.88 Å². The first-order valence-corrected chi connectivity index (χ1v) is 9.57. The number of aryl methyl sites for hydroxylation is 1. The monoisotopic (exact) mass is 388 g/mol. The van der Waals surface area contributed by atoms with Gasteiger partial charge in [0.2, 0.25) is 5.91 Å². The Morgan fingerprint density at radius 2 is 2.27 bits per heavy atom. The van der Waals surface area contributed by atoms with Gasteiger partial charge in [-0.15, -0.1) is 11.3 Å². The minimum Gasteiger partial charge on any atom is -0.337 e. The van der Waals surface area contributed by atoms with Crippen molar-refractivity contribution in [1.82, 2.24) is 9.55 Å². The Kier molecular flexibility index (Phi) is 6.03. The maximum absolute atomic E-state index is 12.3. The lowest BCUT2D eigenvalue weighted by Gasteiger charge is -2.10. The van der Waals surface area contributed by atoms with Gasteiger partial charge in [-0.1, -0.05) is 17.8 Å². The molecule has 3 rings (SSSR count). The van der Waals surface area contributed by atoms with E-state index >= 15 is 0 Å². The number of hydrogen-bond acceptors (Lipinski definition) is 6. The van der Waals surface area contributed by atoms with Gasteiger partial charge in [0.1, 0.15) is 0 Å². The maximum atomic E-state index is 12.3. The molecule has 1 aromatic carbocycles. The Hall–Kier alpha value is -2.65. The quantitative estimate of drug-likeness (QED) is 0.456. The average molecular weight is 388 g/mol. The Labute approximate surface area is 158 Å². The molecule has 3 aromatic rings. The number of imidazole rings is 1. The number of hydrogen-bond donors (Lipinski definition) is 1. The van der Waals surface area contributed by atoms with E-state index in [0.29, 0.717) is 25.1 Å². The van der Waals surface area contributed by atoms with Crippen LogP contribution in [0.25, 0.3) is 0 Å². The van der Waals surface area contributed by atoms with Crippen molar-refractivity contribution in [2.75, 3.05) is 5.32 Å². The molecule has 2 heterocycles. The van der Waals surface area contributed by atoms with Gasteiger partial charge in [0.05, 0.1) is 21.1 Å². The highest BCUT2D eigenvalue weighted by atomic mass is 32.2. The molecule has 0 fully saturated rings. The van der Waals surface area contributed by atoms with Crippen LogP contribution in [0.2, 0.25) is 0 Å². The van der Waals surface area contributed by atoms with Crippen molar-refractivity contribution in [1.29, 1.82) is 0 Å². The molecule has 0 radical (unpaired) electrons. The summed E-state index contributed by atoms with van der Waals surface area (Å²) in [5.74, 6) is -0.168. The van der Waals surface area contributed by atoms with Crippen LogP contribution in [0.5, 0.6) is 0 Å². The van der Waals surface area contributed by atoms with Crippen molar-refractivity contribution in [2.45, 2.75) is 28.5 Å². The second-order valence-electron chi connectivity index (χ2n) is 5.42. The van der Waals surface area contributed by atoms with Crippen molar-refractivity contribution in [2.24, 2.45) is 0 Å². The summed E-state index contributed by atoms with van der Waals surface area (Å²) in [6.45, 7) is 0.694. The number of benzene rings is 1. The largest absolute Gasteiger partial charge is 0.337 e. The summed E-state index contributed by atoms with van der Waals surface area (Å²) in [6, 6.07) is 8.43. The summed E-state index contributed by atoms with van der Waals surface area (Å²) < 4.78 is 2.95. The summed E-state index contributed by atoms with van der Waals surface area (Å²) in [7, 11) is 0. The van der Waals surface area contributed by atoms with E-state index in [1.54, 1.807) is 29.9 Å². The molecule has 1 amide bonds. The molecule has 0 aliphatic heterocycles. The normalized spacial score (nSPS) is 10.6. The summed E-state index contributed by atoms with van der Waals surface area (Å²) in [6.07, 6.45) is 6.22. The van der Waals surface area contributed by atoms with E-state index in [-0.39, 0.29) is 11.6 Å². The molecule has 134 valence electrons. The van der Waals surface area contributed by atoms with Gasteiger partial charge in [0.25, 0.3) is 5.69 Å². The van der Waals surface area contributed by atoms with Gasteiger partial charge >= 0.3 is 0 Å². The predicted octanol–water partition coefficient (Wildman–Crippen LogP) is 4.42. The van der Waals surface area contributed by atoms with Crippen LogP contribution in [0.4, 0.5) is 11.4 Å². The molecular formula is C17H16N4O3S2. The first-order valence-electron chi connectivity index (χ1n) is 7.87. The molecule has 0 saturated carbocycles. The third-order valence-electron chi connectivity index (χ3n) is 3.53. The molecule has 0 aliphatic carbocycles. The summed E-state index contributed by atoms with van der Waals surface area (Å²) in [5.41, 5.74) is 0.416. The number of nitro benzene ring substituents is 1. The van der Waals surface area contributed by atoms with Gasteiger partial charge in [-0.05, 0) is 23.9 Å². The van der Waals surface area contributed by atoms with Crippen molar-refractivity contribution in [3.05, 3.63) is 64.5 Å². The second kappa shape index (κ2) is 8.63. The summed E-state index contributed by atoms with van der Waals surface area (Å²) in [5, 5.41) is 15.8. The van der Waals surface area contributed by atoms with E-state index in [4.69, 9.17) is 0 Å². The Morgan fingerprint density at radius 3 is 2.96 bits per heavy atom. The number of carbonyl (C=O) groups is 1. The van der Waals surface area contributed by atoms with E-state index in [9.17, 15) is 14.9 Å². The number of amides is 1. The van der Waals surface area contributed by atoms with Crippen LogP contribution >= 0.6 is 23.1 Å². The smallest absolute Gasteiger partial charge is 0.271 e. The number of nitrogens with zero attached hydrogens (tertiary/aromatic N) is 3. The standard InChI is InChI=1S/C17H16N4O3S2/c22-16(3-1-8-20-9-7-18-12-20)19-14-11-13(21(23)24)5-6-15(14)26-17-4-2-10-25-17/h2,4-7,9-12H,1,3,8H2,(H,19,22). The average Bonchev–Trinajstić information content (AvgIpc) is 3.30. The van der Waals surface area contributed by atoms with Crippen LogP contribution in [0.1, 0.15) is 12.8 Å². The van der Waals surface area contributed by atoms with Crippen LogP contribution in [0, 0.1) is 10.1 Å². The Bertz CT molecular complexity index is 880. The third kappa shape index (κ3) is 4.93. The van der Waals surface area contributed by atoms with Gasteiger partial charge in [-0.3, -0.25) is 14.9 Å². The molecule has 26 heavy (non-hydrogen) atoms. The minimum atomic E-state index is -0.464. The minimum absolute atomic E-state index is 0.0470. The van der Waals surface area contributed by atoms with Crippen LogP contribution < -0.4 is 5.32 Å². The highest BCUT2D eigenvalue weighted by Crippen LogP contribution is 2.37. The first-order chi connectivity index (χ1) is 12.6. The van der Waals surface area contributed by atoms with Crippen LogP contribution in [0.15, 0.2) is 63.5 Å². The number of aromatic nitrogens is 2. The fourth-order valence-electron chi connectivity index (χ4n) is 2.30. The molecule has 7 nitrogen and oxygen atoms in total. The second-order valence-corrected chi connectivity index (χ2v) is 7.71. The van der Waals surface area contributed by atoms with Crippen LogP contribution in [-0.2, 0) is 11.3 Å². The zero-order chi connectivity index (χ0) is 18.4. The van der Waals surface area contributed by atoms with Gasteiger partial charge in [-0.25, -0.2) is 4.98 Å². The number of anilines is 1. The molecule has 0 bridgehead atoms. The number of nitro groups is 1. The van der Waals surface area contributed by atoms with E-state index < -0.39 is 4.92 Å². The van der Waals surface area contributed by atoms with Crippen molar-refractivity contribution >= 4 is 40.4 Å². The molecule has 9 heteroatoms. The molecule has 1 N–H and O–H groups in total. The lowest BCUT2D eigenvalue weighted by atomic mass is 10.2. The zero-order valence-electron chi connectivity index (χ0n) is 13.7. The molecule has 0 saturated heterocycles. The fourth-order valence-corrected chi connectivity index (χ4v) is 4.10. The predicted molar refractivity (Wildman–Crippen MR) is 102 cm³/mol. The number of nitrogens with one attached hydrogen (secondary N) is 1. The fraction of sp³-hybridized carbons (Fsp3) is 0.176. The lowest BCUT2D eigenvalue weighted by molar-refractivity contribution is -0.384. The molecular weight excluding hydrogens is 372 g/mol. The highest BCUT2D eigenvalue weighted by molar-refractivity contribution is 8.01. The van der Waals surface area contributed by atoms with Crippen LogP contribution in [-0.4, -0.2) is 20.4 Å². The number of carbonyl (C=O) groups excluding carboxylic acids is 1. The van der Waals surface area contributed by atoms with Gasteiger partial charge in [-0.2, -0.15) is 0 Å². The van der Waals surface area contributed by atoms with Crippen molar-refractivity contribution in [3.8, 4) is 0 Å². The third-order valence-corrected chi connectivity index (χ3v) is 5.65. The molecule has 0 atom stereocenters. The van der Waals surface area contributed by atoms with Gasteiger partial charge in [0.15, 0.2) is 0 Å². The van der Waals surface area contributed by atoms with Crippen LogP contribution in [0.3, 0.4) is 0 Å². The maximum Gasteiger partial charge on any atom is 0.271 e. The van der Waals surface area contributed by atoms with E-state index in [1.165, 1.54) is 23.9 Å². The Balaban J connectivity index is 1.68. The topological polar surface area (TPSA) is 90.1 Å². The zero-order valence-corrected chi connectivity index (χ0v) is 15.3. The van der Waals surface area contributed by atoms with E-state index in [1.807, 2.05) is 28.3 Å². The first kappa shape index (κ1) is 18.2. The molecule has 2 aromatic heterocycles. The lowest BCUT2D eigenvalue weighted by Crippen LogP contribution is -2.13. The Morgan fingerprint density at radius 1 is 1.38 bits per heavy atom. The number of rotatable bonds is 8. The highest BCUT2D eigenvalue weighted by Gasteiger charge is 2.14. The summed E-state index contributed by atoms with van der Waals surface area (Å²) in [4.78, 5) is 27.6. The number of thiophene rings is 1. The van der Waals surface area contributed by atoms with Gasteiger partial charge in [0, 0.05) is 42.4 Å². The summed E-state index contributed by atoms with van der Waals surface area (Å²) >= 11 is 3.05. The van der Waals surface area contributed by atoms with Crippen molar-refractivity contribution in [3.63, 3.8) is 0 Å². The van der Waals surface area contributed by atoms with Crippen molar-refractivity contribution < 1.29 is 9.72 Å². The SMILES string of the molecule is O=C(CCCn1ccnc1)Nc1cc([N+](=O)[O-])ccc1Sc1cccs1.